The highest BCUT2D eigenvalue weighted by molar-refractivity contribution is 8.00. The van der Waals surface area contributed by atoms with Crippen LogP contribution in [0.25, 0.3) is 0 Å². The second kappa shape index (κ2) is 8.53. The van der Waals surface area contributed by atoms with Gasteiger partial charge >= 0.3 is 0 Å². The number of carbonyl (C=O) groups is 1. The van der Waals surface area contributed by atoms with E-state index in [0.29, 0.717) is 17.1 Å². The van der Waals surface area contributed by atoms with E-state index in [1.54, 1.807) is 37.6 Å². The van der Waals surface area contributed by atoms with Crippen molar-refractivity contribution in [1.29, 1.82) is 0 Å². The number of thioether (sulfide) groups is 1. The summed E-state index contributed by atoms with van der Waals surface area (Å²) < 4.78 is 24.6. The maximum Gasteiger partial charge on any atom is 0.253 e. The molecular weight excluding hydrogens is 391 g/mol. The number of rotatable bonds is 6. The number of benzene rings is 2. The normalized spacial score (nSPS) is 16.0. The lowest BCUT2D eigenvalue weighted by molar-refractivity contribution is -0.130. The molecule has 0 saturated carbocycles. The van der Waals surface area contributed by atoms with Gasteiger partial charge in [0, 0.05) is 11.3 Å². The monoisotopic (exact) mass is 410 g/mol. The van der Waals surface area contributed by atoms with Crippen molar-refractivity contribution in [3.8, 4) is 5.75 Å². The standard InChI is InChI=1S/C22H19FN2O3S/c1-27-16-10-8-15(9-11-16)18-13-19(20-6-4-12-28-20)25(24-18)22(26)14-29-21-7-3-2-5-17(21)23/h2-12,19H,13-14H2,1H3/t19-/m1/s1. The van der Waals surface area contributed by atoms with E-state index in [1.807, 2.05) is 30.3 Å². The van der Waals surface area contributed by atoms with Crippen molar-refractivity contribution >= 4 is 23.4 Å². The number of amides is 1. The molecule has 1 atom stereocenters. The number of halogens is 1. The van der Waals surface area contributed by atoms with Gasteiger partial charge in [0.05, 0.1) is 24.8 Å². The van der Waals surface area contributed by atoms with E-state index in [-0.39, 0.29) is 23.5 Å². The first-order chi connectivity index (χ1) is 14.2. The summed E-state index contributed by atoms with van der Waals surface area (Å²) >= 11 is 1.16. The molecule has 5 nitrogen and oxygen atoms in total. The smallest absolute Gasteiger partial charge is 0.253 e. The number of hydrogen-bond donors (Lipinski definition) is 0. The lowest BCUT2D eigenvalue weighted by Gasteiger charge is -2.19. The topological polar surface area (TPSA) is 55.0 Å². The van der Waals surface area contributed by atoms with Crippen LogP contribution in [-0.2, 0) is 4.79 Å². The Kier molecular flexibility index (Phi) is 5.67. The minimum absolute atomic E-state index is 0.0809. The van der Waals surface area contributed by atoms with Crippen molar-refractivity contribution in [2.24, 2.45) is 5.10 Å². The molecule has 0 bridgehead atoms. The van der Waals surface area contributed by atoms with Gasteiger partial charge in [0.15, 0.2) is 0 Å². The molecule has 2 heterocycles. The van der Waals surface area contributed by atoms with Gasteiger partial charge in [-0.05, 0) is 54.1 Å². The number of methoxy groups -OCH3 is 1. The van der Waals surface area contributed by atoms with Gasteiger partial charge in [0.25, 0.3) is 5.91 Å². The van der Waals surface area contributed by atoms with Gasteiger partial charge in [0.2, 0.25) is 0 Å². The molecule has 0 fully saturated rings. The number of furan rings is 1. The van der Waals surface area contributed by atoms with Crippen molar-refractivity contribution in [2.75, 3.05) is 12.9 Å². The van der Waals surface area contributed by atoms with E-state index in [0.717, 1.165) is 28.8 Å². The third-order valence-electron chi connectivity index (χ3n) is 4.65. The van der Waals surface area contributed by atoms with Crippen LogP contribution in [-0.4, -0.2) is 29.5 Å². The summed E-state index contributed by atoms with van der Waals surface area (Å²) in [5, 5.41) is 6.03. The summed E-state index contributed by atoms with van der Waals surface area (Å²) in [4.78, 5) is 13.4. The van der Waals surface area contributed by atoms with E-state index in [2.05, 4.69) is 5.10 Å². The molecule has 1 amide bonds. The molecule has 0 unspecified atom stereocenters. The van der Waals surface area contributed by atoms with Crippen molar-refractivity contribution < 1.29 is 18.3 Å². The average molecular weight is 410 g/mol. The SMILES string of the molecule is COc1ccc(C2=NN(C(=O)CSc3ccccc3F)[C@@H](c3ccco3)C2)cc1. The van der Waals surface area contributed by atoms with Crippen LogP contribution in [0.5, 0.6) is 5.75 Å². The maximum absolute atomic E-state index is 13.9. The first-order valence-corrected chi connectivity index (χ1v) is 10.1. The number of nitrogens with zero attached hydrogens (tertiary/aromatic N) is 2. The van der Waals surface area contributed by atoms with Gasteiger partial charge in [-0.25, -0.2) is 9.40 Å². The minimum atomic E-state index is -0.336. The fraction of sp³-hybridized carbons (Fsp3) is 0.182. The Labute approximate surface area is 172 Å². The lowest BCUT2D eigenvalue weighted by atomic mass is 10.0. The molecule has 0 saturated heterocycles. The lowest BCUT2D eigenvalue weighted by Crippen LogP contribution is -2.28. The third-order valence-corrected chi connectivity index (χ3v) is 5.68. The number of carbonyl (C=O) groups excluding carboxylic acids is 1. The largest absolute Gasteiger partial charge is 0.497 e. The van der Waals surface area contributed by atoms with Gasteiger partial charge < -0.3 is 9.15 Å². The zero-order valence-corrected chi connectivity index (χ0v) is 16.6. The second-order valence-electron chi connectivity index (χ2n) is 6.47. The first kappa shape index (κ1) is 19.3. The quantitative estimate of drug-likeness (QED) is 0.543. The molecule has 7 heteroatoms. The van der Waals surface area contributed by atoms with E-state index >= 15 is 0 Å². The summed E-state index contributed by atoms with van der Waals surface area (Å²) in [6.45, 7) is 0. The van der Waals surface area contributed by atoms with E-state index in [4.69, 9.17) is 9.15 Å². The van der Waals surface area contributed by atoms with Crippen LogP contribution in [0.3, 0.4) is 0 Å². The Morgan fingerprint density at radius 3 is 2.69 bits per heavy atom. The number of hydrogen-bond acceptors (Lipinski definition) is 5. The molecule has 0 aliphatic carbocycles. The van der Waals surface area contributed by atoms with Gasteiger partial charge in [-0.3, -0.25) is 4.79 Å². The Hall–Kier alpha value is -3.06. The van der Waals surface area contributed by atoms with Crippen molar-refractivity contribution in [1.82, 2.24) is 5.01 Å². The summed E-state index contributed by atoms with van der Waals surface area (Å²) in [6.07, 6.45) is 2.12. The summed E-state index contributed by atoms with van der Waals surface area (Å²) in [5.74, 6) is 0.961. The van der Waals surface area contributed by atoms with Crippen molar-refractivity contribution in [3.63, 3.8) is 0 Å². The molecule has 1 aliphatic heterocycles. The molecule has 0 radical (unpaired) electrons. The van der Waals surface area contributed by atoms with Crippen LogP contribution in [0.4, 0.5) is 4.39 Å². The van der Waals surface area contributed by atoms with Gasteiger partial charge in [-0.2, -0.15) is 5.10 Å². The number of ether oxygens (including phenoxy) is 1. The molecule has 3 aromatic rings. The second-order valence-corrected chi connectivity index (χ2v) is 7.49. The maximum atomic E-state index is 13.9. The van der Waals surface area contributed by atoms with Gasteiger partial charge in [-0.1, -0.05) is 12.1 Å². The summed E-state index contributed by atoms with van der Waals surface area (Å²) in [6, 6.07) is 17.3. The zero-order chi connectivity index (χ0) is 20.2. The Balaban J connectivity index is 1.55. The summed E-state index contributed by atoms with van der Waals surface area (Å²) in [5.41, 5.74) is 1.71. The molecule has 4 rings (SSSR count). The molecular formula is C22H19FN2O3S. The molecule has 2 aromatic carbocycles. The fourth-order valence-electron chi connectivity index (χ4n) is 3.17. The molecule has 1 aliphatic rings. The van der Waals surface area contributed by atoms with E-state index in [1.165, 1.54) is 11.1 Å². The van der Waals surface area contributed by atoms with E-state index in [9.17, 15) is 9.18 Å². The Morgan fingerprint density at radius 1 is 1.21 bits per heavy atom. The molecule has 148 valence electrons. The van der Waals surface area contributed by atoms with Crippen LogP contribution in [0.2, 0.25) is 0 Å². The van der Waals surface area contributed by atoms with Crippen LogP contribution in [0, 0.1) is 5.82 Å². The molecule has 1 aromatic heterocycles. The molecule has 0 spiro atoms. The highest BCUT2D eigenvalue weighted by atomic mass is 32.2. The fourth-order valence-corrected chi connectivity index (χ4v) is 3.96. The van der Waals surface area contributed by atoms with Crippen molar-refractivity contribution in [3.05, 3.63) is 84.1 Å². The highest BCUT2D eigenvalue weighted by Gasteiger charge is 2.34. The van der Waals surface area contributed by atoms with Gasteiger partial charge in [0.1, 0.15) is 23.4 Å². The predicted molar refractivity (Wildman–Crippen MR) is 110 cm³/mol. The first-order valence-electron chi connectivity index (χ1n) is 9.10. The van der Waals surface area contributed by atoms with Gasteiger partial charge in [-0.15, -0.1) is 11.8 Å². The molecule has 29 heavy (non-hydrogen) atoms. The summed E-state index contributed by atoms with van der Waals surface area (Å²) in [7, 11) is 1.61. The average Bonchev–Trinajstić information content (AvgIpc) is 3.43. The van der Waals surface area contributed by atoms with Crippen LogP contribution in [0.15, 0.2) is 81.3 Å². The van der Waals surface area contributed by atoms with Crippen LogP contribution >= 0.6 is 11.8 Å². The minimum Gasteiger partial charge on any atom is -0.497 e. The number of hydrazone groups is 1. The Morgan fingerprint density at radius 2 is 2.00 bits per heavy atom. The zero-order valence-electron chi connectivity index (χ0n) is 15.7. The Bertz CT molecular complexity index is 1020. The third kappa shape index (κ3) is 4.19. The predicted octanol–water partition coefficient (Wildman–Crippen LogP) is 4.90. The van der Waals surface area contributed by atoms with Crippen LogP contribution in [0.1, 0.15) is 23.8 Å². The van der Waals surface area contributed by atoms with Crippen molar-refractivity contribution in [2.45, 2.75) is 17.4 Å². The molecule has 0 N–H and O–H groups in total. The van der Waals surface area contributed by atoms with E-state index < -0.39 is 0 Å². The van der Waals surface area contributed by atoms with Crippen LogP contribution < -0.4 is 4.74 Å². The highest BCUT2D eigenvalue weighted by Crippen LogP contribution is 2.34.